The van der Waals surface area contributed by atoms with Crippen LogP contribution in [-0.4, -0.2) is 31.3 Å². The highest BCUT2D eigenvalue weighted by Crippen LogP contribution is 2.17. The largest absolute Gasteiger partial charge is 0.479 e. The number of halogens is 3. The number of hydrazine groups is 1. The van der Waals surface area contributed by atoms with Crippen molar-refractivity contribution in [3.8, 4) is 17.4 Å². The van der Waals surface area contributed by atoms with E-state index in [9.17, 15) is 18.3 Å². The molecule has 2 rings (SSSR count). The van der Waals surface area contributed by atoms with Crippen molar-refractivity contribution in [3.05, 3.63) is 24.5 Å². The average Bonchev–Trinajstić information content (AvgIpc) is 2.36. The zero-order valence-corrected chi connectivity index (χ0v) is 9.18. The number of hydrogen-bond acceptors (Lipinski definition) is 7. The Morgan fingerprint density at radius 2 is 1.95 bits per heavy atom. The van der Waals surface area contributed by atoms with Crippen molar-refractivity contribution in [3.63, 3.8) is 0 Å². The van der Waals surface area contributed by atoms with Crippen molar-refractivity contribution in [2.75, 3.05) is 5.43 Å². The van der Waals surface area contributed by atoms with E-state index < -0.39 is 18.3 Å². The van der Waals surface area contributed by atoms with Gasteiger partial charge in [0.2, 0.25) is 5.95 Å². The summed E-state index contributed by atoms with van der Waals surface area (Å²) in [6.07, 6.45) is -1.75. The van der Waals surface area contributed by atoms with Crippen molar-refractivity contribution in [1.82, 2.24) is 25.4 Å². The highest BCUT2D eigenvalue weighted by molar-refractivity contribution is 5.54. The third-order valence-corrected chi connectivity index (χ3v) is 1.86. The lowest BCUT2D eigenvalue weighted by atomic mass is 10.3. The van der Waals surface area contributed by atoms with Gasteiger partial charge in [0, 0.05) is 18.0 Å². The highest BCUT2D eigenvalue weighted by Gasteiger charge is 2.27. The molecule has 0 amide bonds. The molecule has 0 aliphatic rings. The second-order valence-corrected chi connectivity index (χ2v) is 3.27. The molecule has 10 heteroatoms. The number of aromatic hydroxyl groups is 1. The fourth-order valence-electron chi connectivity index (χ4n) is 1.17. The first-order valence-electron chi connectivity index (χ1n) is 4.89. The van der Waals surface area contributed by atoms with Gasteiger partial charge in [-0.2, -0.15) is 28.1 Å². The van der Waals surface area contributed by atoms with Crippen LogP contribution in [0.5, 0.6) is 6.01 Å². The summed E-state index contributed by atoms with van der Waals surface area (Å²) in [5, 5.41) is 9.25. The van der Waals surface area contributed by atoms with Crippen molar-refractivity contribution < 1.29 is 18.3 Å². The molecule has 3 N–H and O–H groups in total. The van der Waals surface area contributed by atoms with Gasteiger partial charge in [0.15, 0.2) is 5.82 Å². The lowest BCUT2D eigenvalue weighted by Gasteiger charge is -2.10. The van der Waals surface area contributed by atoms with E-state index in [2.05, 4.69) is 19.9 Å². The van der Waals surface area contributed by atoms with Gasteiger partial charge in [0.05, 0.1) is 0 Å². The number of anilines is 1. The van der Waals surface area contributed by atoms with E-state index in [0.29, 0.717) is 5.56 Å². The molecule has 0 aromatic carbocycles. The van der Waals surface area contributed by atoms with Crippen molar-refractivity contribution in [1.29, 1.82) is 0 Å². The molecule has 0 unspecified atom stereocenters. The van der Waals surface area contributed by atoms with Crippen LogP contribution in [0.15, 0.2) is 24.5 Å². The van der Waals surface area contributed by atoms with Gasteiger partial charge in [-0.15, -0.1) is 5.43 Å². The highest BCUT2D eigenvalue weighted by atomic mass is 19.4. The Bertz CT molecular complexity index is 562. The van der Waals surface area contributed by atoms with Crippen LogP contribution in [0.2, 0.25) is 0 Å². The zero-order valence-electron chi connectivity index (χ0n) is 9.18. The quantitative estimate of drug-likeness (QED) is 0.568. The molecule has 100 valence electrons. The van der Waals surface area contributed by atoms with Crippen LogP contribution in [-0.2, 0) is 0 Å². The number of pyridine rings is 1. The van der Waals surface area contributed by atoms with Crippen molar-refractivity contribution >= 4 is 5.95 Å². The molecular formula is C9H7F3N6O. The Hall–Kier alpha value is -2.49. The molecule has 2 aromatic heterocycles. The standard InChI is InChI=1S/C9H7F3N6O/c10-9(11,12)18-17-7-14-6(15-8(19)16-7)5-2-1-3-13-4-5/h1-4,18H,(H2,14,15,16,17,19). The number of rotatable bonds is 3. The second-order valence-electron chi connectivity index (χ2n) is 3.27. The van der Waals surface area contributed by atoms with Crippen LogP contribution in [0.1, 0.15) is 0 Å². The predicted octanol–water partition coefficient (Wildman–Crippen LogP) is 1.08. The Morgan fingerprint density at radius 3 is 2.58 bits per heavy atom. The maximum absolute atomic E-state index is 11.9. The lowest BCUT2D eigenvalue weighted by molar-refractivity contribution is -0.151. The summed E-state index contributed by atoms with van der Waals surface area (Å²) in [5.74, 6) is -0.476. The smallest absolute Gasteiger partial charge is 0.474 e. The Labute approximate surface area is 104 Å². The maximum Gasteiger partial charge on any atom is 0.474 e. The van der Waals surface area contributed by atoms with E-state index >= 15 is 0 Å². The van der Waals surface area contributed by atoms with E-state index in [1.165, 1.54) is 12.4 Å². The van der Waals surface area contributed by atoms with Crippen molar-refractivity contribution in [2.45, 2.75) is 6.30 Å². The molecule has 2 aromatic rings. The van der Waals surface area contributed by atoms with Crippen LogP contribution in [0, 0.1) is 0 Å². The molecule has 0 fully saturated rings. The third-order valence-electron chi connectivity index (χ3n) is 1.86. The summed E-state index contributed by atoms with van der Waals surface area (Å²) in [6, 6.07) is 2.47. The molecule has 0 saturated carbocycles. The van der Waals surface area contributed by atoms with Gasteiger partial charge in [-0.25, -0.2) is 0 Å². The Kier molecular flexibility index (Phi) is 3.42. The van der Waals surface area contributed by atoms with E-state index in [-0.39, 0.29) is 5.82 Å². The Morgan fingerprint density at radius 1 is 1.16 bits per heavy atom. The van der Waals surface area contributed by atoms with E-state index in [1.807, 2.05) is 0 Å². The summed E-state index contributed by atoms with van der Waals surface area (Å²) >= 11 is 0. The topological polar surface area (TPSA) is 95.9 Å². The number of nitrogens with zero attached hydrogens (tertiary/aromatic N) is 4. The molecule has 19 heavy (non-hydrogen) atoms. The summed E-state index contributed by atoms with van der Waals surface area (Å²) in [4.78, 5) is 14.4. The summed E-state index contributed by atoms with van der Waals surface area (Å²) in [6.45, 7) is 0. The number of nitrogens with one attached hydrogen (secondary N) is 2. The molecule has 0 radical (unpaired) electrons. The van der Waals surface area contributed by atoms with Gasteiger partial charge in [0.25, 0.3) is 0 Å². The average molecular weight is 272 g/mol. The molecule has 0 bridgehead atoms. The zero-order chi connectivity index (χ0) is 13.9. The summed E-state index contributed by atoms with van der Waals surface area (Å²) in [5.41, 5.74) is 3.16. The predicted molar refractivity (Wildman–Crippen MR) is 57.5 cm³/mol. The van der Waals surface area contributed by atoms with Gasteiger partial charge in [-0.1, -0.05) is 0 Å². The number of hydrogen-bond donors (Lipinski definition) is 3. The first-order chi connectivity index (χ1) is 8.94. The van der Waals surface area contributed by atoms with Gasteiger partial charge < -0.3 is 5.11 Å². The normalized spacial score (nSPS) is 11.3. The minimum atomic E-state index is -4.66. The van der Waals surface area contributed by atoms with Gasteiger partial charge in [0.1, 0.15) is 0 Å². The maximum atomic E-state index is 11.9. The molecular weight excluding hydrogens is 265 g/mol. The van der Waals surface area contributed by atoms with Gasteiger partial charge >= 0.3 is 12.3 Å². The monoisotopic (exact) mass is 272 g/mol. The molecule has 0 aliphatic carbocycles. The second kappa shape index (κ2) is 5.02. The van der Waals surface area contributed by atoms with Crippen LogP contribution in [0.25, 0.3) is 11.4 Å². The van der Waals surface area contributed by atoms with Crippen LogP contribution >= 0.6 is 0 Å². The molecule has 0 aliphatic heterocycles. The van der Waals surface area contributed by atoms with E-state index in [4.69, 9.17) is 0 Å². The molecule has 2 heterocycles. The fourth-order valence-corrected chi connectivity index (χ4v) is 1.17. The van der Waals surface area contributed by atoms with Gasteiger partial charge in [-0.3, -0.25) is 10.4 Å². The minimum Gasteiger partial charge on any atom is -0.479 e. The lowest BCUT2D eigenvalue weighted by Crippen LogP contribution is -2.37. The Balaban J connectivity index is 2.25. The van der Waals surface area contributed by atoms with Gasteiger partial charge in [-0.05, 0) is 12.1 Å². The SMILES string of the molecule is Oc1nc(NNC(F)(F)F)nc(-c2cccnc2)n1. The molecule has 0 spiro atoms. The molecule has 0 atom stereocenters. The van der Waals surface area contributed by atoms with Crippen molar-refractivity contribution in [2.24, 2.45) is 0 Å². The first-order valence-corrected chi connectivity index (χ1v) is 4.89. The third kappa shape index (κ3) is 3.74. The van der Waals surface area contributed by atoms with Crippen LogP contribution in [0.4, 0.5) is 19.1 Å². The van der Waals surface area contributed by atoms with Crippen LogP contribution in [0.3, 0.4) is 0 Å². The summed E-state index contributed by atoms with van der Waals surface area (Å²) in [7, 11) is 0. The fraction of sp³-hybridized carbons (Fsp3) is 0.111. The summed E-state index contributed by atoms with van der Waals surface area (Å²) < 4.78 is 35.8. The van der Waals surface area contributed by atoms with E-state index in [0.717, 1.165) is 5.43 Å². The van der Waals surface area contributed by atoms with E-state index in [1.54, 1.807) is 17.6 Å². The molecule has 7 nitrogen and oxygen atoms in total. The number of alkyl halides is 3. The van der Waals surface area contributed by atoms with Crippen LogP contribution < -0.4 is 10.9 Å². The number of aromatic nitrogens is 4. The molecule has 0 saturated heterocycles. The first kappa shape index (κ1) is 13.0. The minimum absolute atomic E-state index is 0.00734.